The largest absolute Gasteiger partial charge is 0.313 e. The Kier molecular flexibility index (Phi) is 5.44. The van der Waals surface area contributed by atoms with Gasteiger partial charge in [0.15, 0.2) is 0 Å². The molecule has 2 rings (SSSR count). The van der Waals surface area contributed by atoms with Crippen molar-refractivity contribution in [2.45, 2.75) is 12.5 Å². The molecule has 0 heterocycles. The van der Waals surface area contributed by atoms with Gasteiger partial charge in [0.2, 0.25) is 0 Å². The Morgan fingerprint density at radius 1 is 1.20 bits per heavy atom. The van der Waals surface area contributed by atoms with Crippen LogP contribution in [0.4, 0.5) is 4.39 Å². The first kappa shape index (κ1) is 15.8. The highest BCUT2D eigenvalue weighted by molar-refractivity contribution is 9.10. The van der Waals surface area contributed by atoms with Gasteiger partial charge in [-0.2, -0.15) is 0 Å². The van der Waals surface area contributed by atoms with E-state index in [1.165, 1.54) is 12.1 Å². The Morgan fingerprint density at radius 3 is 2.55 bits per heavy atom. The summed E-state index contributed by atoms with van der Waals surface area (Å²) in [6.45, 7) is 0. The van der Waals surface area contributed by atoms with Crippen molar-refractivity contribution in [1.82, 2.24) is 5.32 Å². The summed E-state index contributed by atoms with van der Waals surface area (Å²) in [5, 5.41) is 4.47. The molecule has 1 atom stereocenters. The van der Waals surface area contributed by atoms with Gasteiger partial charge in [0.05, 0.1) is 0 Å². The number of hydrogen-bond donors (Lipinski definition) is 1. The van der Waals surface area contributed by atoms with Gasteiger partial charge >= 0.3 is 0 Å². The summed E-state index contributed by atoms with van der Waals surface area (Å²) in [5.41, 5.74) is 1.98. The number of hydrogen-bond acceptors (Lipinski definition) is 1. The van der Waals surface area contributed by atoms with Crippen LogP contribution in [0, 0.1) is 5.82 Å². The zero-order valence-corrected chi connectivity index (χ0v) is 13.9. The van der Waals surface area contributed by atoms with Crippen LogP contribution in [0.25, 0.3) is 0 Å². The molecular weight excluding hydrogens is 364 g/mol. The van der Waals surface area contributed by atoms with Crippen LogP contribution in [-0.4, -0.2) is 7.05 Å². The maximum absolute atomic E-state index is 13.2. The molecule has 2 aromatic carbocycles. The van der Waals surface area contributed by atoms with Crippen LogP contribution in [0.3, 0.4) is 0 Å². The van der Waals surface area contributed by atoms with Crippen LogP contribution in [0.5, 0.6) is 0 Å². The highest BCUT2D eigenvalue weighted by Crippen LogP contribution is 2.30. The zero-order valence-electron chi connectivity index (χ0n) is 10.8. The van der Waals surface area contributed by atoms with Crippen LogP contribution >= 0.6 is 39.1 Å². The Labute approximate surface area is 136 Å². The molecular formula is C15H13BrCl2FN. The molecule has 0 radical (unpaired) electrons. The SMILES string of the molecule is CNC(Cc1ccc(Cl)cc1Cl)c1ccc(F)cc1Br. The topological polar surface area (TPSA) is 12.0 Å². The van der Waals surface area contributed by atoms with Gasteiger partial charge in [0.1, 0.15) is 5.82 Å². The van der Waals surface area contributed by atoms with Crippen LogP contribution in [0.15, 0.2) is 40.9 Å². The molecule has 1 N–H and O–H groups in total. The summed E-state index contributed by atoms with van der Waals surface area (Å²) in [4.78, 5) is 0. The summed E-state index contributed by atoms with van der Waals surface area (Å²) in [5.74, 6) is -0.264. The van der Waals surface area contributed by atoms with Crippen molar-refractivity contribution in [3.05, 3.63) is 67.9 Å². The van der Waals surface area contributed by atoms with Crippen LogP contribution in [0.2, 0.25) is 10.0 Å². The van der Waals surface area contributed by atoms with Gasteiger partial charge in [0, 0.05) is 20.6 Å². The third-order valence-corrected chi connectivity index (χ3v) is 4.40. The second kappa shape index (κ2) is 6.90. The fourth-order valence-electron chi connectivity index (χ4n) is 2.06. The van der Waals surface area contributed by atoms with Crippen molar-refractivity contribution in [3.63, 3.8) is 0 Å². The van der Waals surface area contributed by atoms with Crippen molar-refractivity contribution in [2.24, 2.45) is 0 Å². The minimum atomic E-state index is -0.264. The van der Waals surface area contributed by atoms with Crippen molar-refractivity contribution in [1.29, 1.82) is 0 Å². The van der Waals surface area contributed by atoms with E-state index in [0.717, 1.165) is 15.6 Å². The molecule has 0 bridgehead atoms. The maximum atomic E-state index is 13.2. The van der Waals surface area contributed by atoms with Crippen LogP contribution in [-0.2, 0) is 6.42 Å². The predicted octanol–water partition coefficient (Wildman–Crippen LogP) is 5.40. The van der Waals surface area contributed by atoms with Gasteiger partial charge in [-0.25, -0.2) is 4.39 Å². The quantitative estimate of drug-likeness (QED) is 0.753. The first-order valence-corrected chi connectivity index (χ1v) is 7.62. The Morgan fingerprint density at radius 2 is 1.95 bits per heavy atom. The standard InChI is InChI=1S/C15H13BrCl2FN/c1-20-15(12-5-4-11(19)8-13(12)16)6-9-2-3-10(17)7-14(9)18/h2-5,7-8,15,20H,6H2,1H3. The molecule has 0 fully saturated rings. The lowest BCUT2D eigenvalue weighted by molar-refractivity contribution is 0.583. The van der Waals surface area contributed by atoms with E-state index >= 15 is 0 Å². The van der Waals surface area contributed by atoms with Crippen molar-refractivity contribution in [3.8, 4) is 0 Å². The van der Waals surface area contributed by atoms with Gasteiger partial charge < -0.3 is 5.32 Å². The lowest BCUT2D eigenvalue weighted by atomic mass is 9.99. The Hall–Kier alpha value is -0.610. The van der Waals surface area contributed by atoms with E-state index in [0.29, 0.717) is 16.5 Å². The number of benzene rings is 2. The Bertz CT molecular complexity index is 619. The monoisotopic (exact) mass is 375 g/mol. The molecule has 0 aromatic heterocycles. The summed E-state index contributed by atoms with van der Waals surface area (Å²) in [6, 6.07) is 10.2. The van der Waals surface area contributed by atoms with Gasteiger partial charge in [-0.05, 0) is 48.9 Å². The molecule has 106 valence electrons. The number of rotatable bonds is 4. The van der Waals surface area contributed by atoms with E-state index in [1.54, 1.807) is 12.1 Å². The van der Waals surface area contributed by atoms with Crippen molar-refractivity contribution < 1.29 is 4.39 Å². The molecule has 2 aromatic rings. The predicted molar refractivity (Wildman–Crippen MR) is 86.1 cm³/mol. The molecule has 0 amide bonds. The van der Waals surface area contributed by atoms with E-state index < -0.39 is 0 Å². The fourth-order valence-corrected chi connectivity index (χ4v) is 3.17. The molecule has 0 aliphatic rings. The van der Waals surface area contributed by atoms with Gasteiger partial charge in [-0.1, -0.05) is 51.3 Å². The minimum Gasteiger partial charge on any atom is -0.313 e. The van der Waals surface area contributed by atoms with Crippen LogP contribution < -0.4 is 5.32 Å². The van der Waals surface area contributed by atoms with Gasteiger partial charge in [0.25, 0.3) is 0 Å². The van der Waals surface area contributed by atoms with Crippen LogP contribution in [0.1, 0.15) is 17.2 Å². The lowest BCUT2D eigenvalue weighted by Gasteiger charge is -2.19. The lowest BCUT2D eigenvalue weighted by Crippen LogP contribution is -2.19. The normalized spacial score (nSPS) is 12.4. The molecule has 1 nitrogen and oxygen atoms in total. The van der Waals surface area contributed by atoms with E-state index in [4.69, 9.17) is 23.2 Å². The number of halogens is 4. The fraction of sp³-hybridized carbons (Fsp3) is 0.200. The minimum absolute atomic E-state index is 0.0312. The molecule has 5 heteroatoms. The zero-order chi connectivity index (χ0) is 14.7. The molecule has 0 aliphatic heterocycles. The number of nitrogens with one attached hydrogen (secondary N) is 1. The summed E-state index contributed by atoms with van der Waals surface area (Å²) in [6.07, 6.45) is 0.691. The maximum Gasteiger partial charge on any atom is 0.124 e. The smallest absolute Gasteiger partial charge is 0.124 e. The summed E-state index contributed by atoms with van der Waals surface area (Å²) >= 11 is 15.5. The Balaban J connectivity index is 2.28. The molecule has 1 unspecified atom stereocenters. The van der Waals surface area contributed by atoms with Crippen molar-refractivity contribution in [2.75, 3.05) is 7.05 Å². The first-order valence-electron chi connectivity index (χ1n) is 6.07. The van der Waals surface area contributed by atoms with Crippen molar-refractivity contribution >= 4 is 39.1 Å². The summed E-state index contributed by atoms with van der Waals surface area (Å²) in [7, 11) is 1.87. The van der Waals surface area contributed by atoms with Gasteiger partial charge in [-0.3, -0.25) is 0 Å². The average Bonchev–Trinajstić information content (AvgIpc) is 2.39. The first-order chi connectivity index (χ1) is 9.51. The highest BCUT2D eigenvalue weighted by Gasteiger charge is 2.15. The second-order valence-electron chi connectivity index (χ2n) is 4.45. The molecule has 0 saturated carbocycles. The summed E-state index contributed by atoms with van der Waals surface area (Å²) < 4.78 is 13.9. The number of likely N-dealkylation sites (N-methyl/N-ethyl adjacent to an activating group) is 1. The third-order valence-electron chi connectivity index (χ3n) is 3.13. The van der Waals surface area contributed by atoms with Gasteiger partial charge in [-0.15, -0.1) is 0 Å². The molecule has 20 heavy (non-hydrogen) atoms. The van der Waals surface area contributed by atoms with E-state index in [2.05, 4.69) is 21.2 Å². The van der Waals surface area contributed by atoms with E-state index in [9.17, 15) is 4.39 Å². The second-order valence-corrected chi connectivity index (χ2v) is 6.14. The highest BCUT2D eigenvalue weighted by atomic mass is 79.9. The average molecular weight is 377 g/mol. The molecule has 0 spiro atoms. The molecule has 0 aliphatic carbocycles. The molecule has 0 saturated heterocycles. The van der Waals surface area contributed by atoms with E-state index in [-0.39, 0.29) is 11.9 Å². The third kappa shape index (κ3) is 3.73. The van der Waals surface area contributed by atoms with E-state index in [1.807, 2.05) is 19.2 Å².